The first-order valence-electron chi connectivity index (χ1n) is 10.2. The highest BCUT2D eigenvalue weighted by Gasteiger charge is 2.31. The highest BCUT2D eigenvalue weighted by molar-refractivity contribution is 6.33. The number of halogens is 1. The zero-order valence-corrected chi connectivity index (χ0v) is 18.6. The second-order valence-electron chi connectivity index (χ2n) is 7.35. The van der Waals surface area contributed by atoms with Crippen LogP contribution < -0.4 is 15.9 Å². The highest BCUT2D eigenvalue weighted by atomic mass is 35.5. The molecule has 0 saturated carbocycles. The Balaban J connectivity index is 1.52. The van der Waals surface area contributed by atoms with Gasteiger partial charge >= 0.3 is 5.97 Å². The number of carbonyl (C=O) groups is 2. The molecule has 3 N–H and O–H groups in total. The van der Waals surface area contributed by atoms with Crippen LogP contribution in [0.25, 0.3) is 5.70 Å². The normalized spacial score (nSPS) is 14.9. The SMILES string of the molecule is COc1ccc([C@H]2C=C(c3ccccc3)NN2C(=O)COC(=O)c2ccc(Cl)c(N)c2)cc1. The molecule has 1 heterocycles. The van der Waals surface area contributed by atoms with E-state index in [4.69, 9.17) is 26.8 Å². The number of hydrogen-bond acceptors (Lipinski definition) is 6. The van der Waals surface area contributed by atoms with Crippen LogP contribution in [-0.2, 0) is 9.53 Å². The lowest BCUT2D eigenvalue weighted by Crippen LogP contribution is -2.42. The minimum atomic E-state index is -0.664. The van der Waals surface area contributed by atoms with Gasteiger partial charge < -0.3 is 15.2 Å². The number of nitrogens with zero attached hydrogens (tertiary/aromatic N) is 1. The molecule has 7 nitrogen and oxygen atoms in total. The van der Waals surface area contributed by atoms with Crippen LogP contribution in [0.4, 0.5) is 5.69 Å². The lowest BCUT2D eigenvalue weighted by Gasteiger charge is -2.25. The molecule has 8 heteroatoms. The van der Waals surface area contributed by atoms with Crippen molar-refractivity contribution in [3.63, 3.8) is 0 Å². The molecular formula is C25H22ClN3O4. The quantitative estimate of drug-likeness (QED) is 0.420. The van der Waals surface area contributed by atoms with Gasteiger partial charge in [-0.15, -0.1) is 0 Å². The Hall–Kier alpha value is -3.97. The molecule has 1 amide bonds. The third kappa shape index (κ3) is 4.94. The van der Waals surface area contributed by atoms with Gasteiger partial charge in [0.2, 0.25) is 0 Å². The first-order chi connectivity index (χ1) is 16.0. The summed E-state index contributed by atoms with van der Waals surface area (Å²) >= 11 is 5.90. The molecule has 3 aromatic rings. The Bertz CT molecular complexity index is 1200. The molecule has 1 aliphatic heterocycles. The molecule has 0 radical (unpaired) electrons. The minimum absolute atomic E-state index is 0.217. The summed E-state index contributed by atoms with van der Waals surface area (Å²) in [6.45, 7) is -0.447. The van der Waals surface area contributed by atoms with Gasteiger partial charge in [-0.25, -0.2) is 9.80 Å². The largest absolute Gasteiger partial charge is 0.497 e. The fourth-order valence-electron chi connectivity index (χ4n) is 3.46. The summed E-state index contributed by atoms with van der Waals surface area (Å²) in [7, 11) is 1.60. The van der Waals surface area contributed by atoms with Crippen molar-refractivity contribution in [1.82, 2.24) is 10.4 Å². The van der Waals surface area contributed by atoms with Crippen LogP contribution >= 0.6 is 11.6 Å². The fourth-order valence-corrected chi connectivity index (χ4v) is 3.58. The third-order valence-electron chi connectivity index (χ3n) is 5.21. The molecule has 0 aromatic heterocycles. The number of benzene rings is 3. The number of esters is 1. The Morgan fingerprint density at radius 1 is 1.06 bits per heavy atom. The van der Waals surface area contributed by atoms with Crippen molar-refractivity contribution in [1.29, 1.82) is 0 Å². The lowest BCUT2D eigenvalue weighted by molar-refractivity contribution is -0.137. The average molecular weight is 464 g/mol. The summed E-state index contributed by atoms with van der Waals surface area (Å²) < 4.78 is 10.5. The number of methoxy groups -OCH3 is 1. The van der Waals surface area contributed by atoms with Crippen molar-refractivity contribution in [2.24, 2.45) is 0 Å². The van der Waals surface area contributed by atoms with Crippen LogP contribution in [0.1, 0.15) is 27.5 Å². The summed E-state index contributed by atoms with van der Waals surface area (Å²) in [5.41, 5.74) is 12.0. The molecule has 0 fully saturated rings. The van der Waals surface area contributed by atoms with E-state index < -0.39 is 24.5 Å². The monoisotopic (exact) mass is 463 g/mol. The first kappa shape index (κ1) is 22.2. The minimum Gasteiger partial charge on any atom is -0.497 e. The van der Waals surface area contributed by atoms with E-state index in [1.54, 1.807) is 7.11 Å². The standard InChI is InChI=1S/C25H22ClN3O4/c1-32-19-10-7-17(8-11-19)23-14-22(16-5-3-2-4-6-16)28-29(23)24(30)15-33-25(31)18-9-12-20(26)21(27)13-18/h2-14,23,28H,15,27H2,1H3/t23-/m1/s1. The van der Waals surface area contributed by atoms with E-state index in [2.05, 4.69) is 5.43 Å². The van der Waals surface area contributed by atoms with Crippen molar-refractivity contribution in [3.05, 3.63) is 101 Å². The molecule has 0 aliphatic carbocycles. The van der Waals surface area contributed by atoms with E-state index >= 15 is 0 Å². The Morgan fingerprint density at radius 3 is 2.45 bits per heavy atom. The zero-order valence-electron chi connectivity index (χ0n) is 17.8. The summed E-state index contributed by atoms with van der Waals surface area (Å²) in [4.78, 5) is 25.5. The van der Waals surface area contributed by atoms with Crippen LogP contribution in [-0.4, -0.2) is 30.6 Å². The van der Waals surface area contributed by atoms with Gasteiger partial charge in [-0.2, -0.15) is 0 Å². The summed E-state index contributed by atoms with van der Waals surface area (Å²) in [6.07, 6.45) is 1.96. The molecule has 1 aliphatic rings. The molecule has 4 rings (SSSR count). The number of amides is 1. The maximum absolute atomic E-state index is 13.1. The topological polar surface area (TPSA) is 93.9 Å². The first-order valence-corrected chi connectivity index (χ1v) is 10.6. The van der Waals surface area contributed by atoms with Gasteiger partial charge in [0.25, 0.3) is 5.91 Å². The number of anilines is 1. The fraction of sp³-hybridized carbons (Fsp3) is 0.120. The van der Waals surface area contributed by atoms with Crippen molar-refractivity contribution in [2.45, 2.75) is 6.04 Å². The Kier molecular flexibility index (Phi) is 6.51. The third-order valence-corrected chi connectivity index (χ3v) is 5.56. The smallest absolute Gasteiger partial charge is 0.338 e. The van der Waals surface area contributed by atoms with E-state index in [0.29, 0.717) is 10.8 Å². The molecule has 168 valence electrons. The van der Waals surface area contributed by atoms with Crippen LogP contribution in [0.3, 0.4) is 0 Å². The van der Waals surface area contributed by atoms with Crippen LogP contribution in [0, 0.1) is 0 Å². The molecular weight excluding hydrogens is 442 g/mol. The number of hydrazine groups is 1. The Labute approximate surface area is 196 Å². The van der Waals surface area contributed by atoms with Crippen molar-refractivity contribution < 1.29 is 19.1 Å². The van der Waals surface area contributed by atoms with Crippen molar-refractivity contribution in [3.8, 4) is 5.75 Å². The van der Waals surface area contributed by atoms with Gasteiger partial charge in [0.05, 0.1) is 35.1 Å². The van der Waals surface area contributed by atoms with E-state index in [0.717, 1.165) is 16.8 Å². The van der Waals surface area contributed by atoms with Gasteiger partial charge in [-0.3, -0.25) is 10.2 Å². The van der Waals surface area contributed by atoms with E-state index in [1.807, 2.05) is 60.7 Å². The van der Waals surface area contributed by atoms with Gasteiger partial charge in [0, 0.05) is 0 Å². The lowest BCUT2D eigenvalue weighted by atomic mass is 10.0. The van der Waals surface area contributed by atoms with E-state index in [-0.39, 0.29) is 11.3 Å². The van der Waals surface area contributed by atoms with Gasteiger partial charge in [0.1, 0.15) is 5.75 Å². The van der Waals surface area contributed by atoms with Crippen molar-refractivity contribution >= 4 is 34.9 Å². The van der Waals surface area contributed by atoms with Gasteiger partial charge in [0.15, 0.2) is 6.61 Å². The molecule has 1 atom stereocenters. The second kappa shape index (κ2) is 9.67. The van der Waals surface area contributed by atoms with Gasteiger partial charge in [-0.1, -0.05) is 54.1 Å². The number of nitrogen functional groups attached to an aromatic ring is 1. The van der Waals surface area contributed by atoms with Crippen LogP contribution in [0.5, 0.6) is 5.75 Å². The maximum Gasteiger partial charge on any atom is 0.338 e. The number of rotatable bonds is 6. The number of nitrogens with one attached hydrogen (secondary N) is 1. The number of nitrogens with two attached hydrogens (primary N) is 1. The van der Waals surface area contributed by atoms with Gasteiger partial charge in [-0.05, 0) is 47.5 Å². The summed E-state index contributed by atoms with van der Waals surface area (Å²) in [5.74, 6) is -0.359. The highest BCUT2D eigenvalue weighted by Crippen LogP contribution is 2.32. The molecule has 0 saturated heterocycles. The summed E-state index contributed by atoms with van der Waals surface area (Å²) in [6, 6.07) is 21.1. The Morgan fingerprint density at radius 2 is 1.79 bits per heavy atom. The molecule has 3 aromatic carbocycles. The zero-order chi connectivity index (χ0) is 23.4. The number of hydrogen-bond donors (Lipinski definition) is 2. The van der Waals surface area contributed by atoms with E-state index in [1.165, 1.54) is 23.2 Å². The predicted molar refractivity (Wildman–Crippen MR) is 126 cm³/mol. The van der Waals surface area contributed by atoms with Crippen LogP contribution in [0.15, 0.2) is 78.9 Å². The molecule has 0 unspecified atom stereocenters. The second-order valence-corrected chi connectivity index (χ2v) is 7.76. The van der Waals surface area contributed by atoms with Crippen LogP contribution in [0.2, 0.25) is 5.02 Å². The molecule has 33 heavy (non-hydrogen) atoms. The van der Waals surface area contributed by atoms with E-state index in [9.17, 15) is 9.59 Å². The van der Waals surface area contributed by atoms with Crippen molar-refractivity contribution in [2.75, 3.05) is 19.5 Å². The average Bonchev–Trinajstić information content (AvgIpc) is 3.30. The maximum atomic E-state index is 13.1. The number of carbonyl (C=O) groups excluding carboxylic acids is 2. The number of ether oxygens (including phenoxy) is 2. The molecule has 0 spiro atoms. The summed E-state index contributed by atoms with van der Waals surface area (Å²) in [5, 5.41) is 1.79. The predicted octanol–water partition coefficient (Wildman–Crippen LogP) is 4.22. The molecule has 0 bridgehead atoms.